The molecule has 0 aliphatic heterocycles. The Morgan fingerprint density at radius 1 is 1.32 bits per heavy atom. The van der Waals surface area contributed by atoms with Gasteiger partial charge in [0.1, 0.15) is 5.75 Å². The van der Waals surface area contributed by atoms with E-state index in [1.54, 1.807) is 7.11 Å². The normalized spacial score (nSPS) is 14.6. The lowest BCUT2D eigenvalue weighted by Gasteiger charge is -2.16. The number of guanidine groups is 1. The van der Waals surface area contributed by atoms with E-state index in [2.05, 4.69) is 53.8 Å². The highest BCUT2D eigenvalue weighted by atomic mass is 127. The first-order chi connectivity index (χ1) is 10.2. The second kappa shape index (κ2) is 9.71. The van der Waals surface area contributed by atoms with Gasteiger partial charge >= 0.3 is 0 Å². The van der Waals surface area contributed by atoms with E-state index in [0.717, 1.165) is 36.7 Å². The summed E-state index contributed by atoms with van der Waals surface area (Å²) in [5.74, 6) is 1.81. The summed E-state index contributed by atoms with van der Waals surface area (Å²) in [4.78, 5) is 4.67. The van der Waals surface area contributed by atoms with Crippen molar-refractivity contribution in [3.05, 3.63) is 41.5 Å². The maximum Gasteiger partial charge on any atom is 0.191 e. The molecule has 122 valence electrons. The minimum absolute atomic E-state index is 0. The first-order valence-corrected chi connectivity index (χ1v) is 7.56. The summed E-state index contributed by atoms with van der Waals surface area (Å²) in [5, 5.41) is 6.78. The van der Waals surface area contributed by atoms with Gasteiger partial charge in [-0.15, -0.1) is 24.0 Å². The second-order valence-electron chi connectivity index (χ2n) is 5.28. The van der Waals surface area contributed by atoms with Crippen LogP contribution in [0.25, 0.3) is 0 Å². The van der Waals surface area contributed by atoms with Crippen LogP contribution in [0, 0.1) is 6.92 Å². The molecule has 0 heterocycles. The molecule has 0 saturated heterocycles. The van der Waals surface area contributed by atoms with Gasteiger partial charge in [-0.2, -0.15) is 0 Å². The number of hydrogen-bond donors (Lipinski definition) is 2. The lowest BCUT2D eigenvalue weighted by Crippen LogP contribution is -2.42. The van der Waals surface area contributed by atoms with Crippen LogP contribution in [0.3, 0.4) is 0 Å². The molecule has 2 N–H and O–H groups in total. The van der Waals surface area contributed by atoms with Crippen molar-refractivity contribution in [1.82, 2.24) is 10.6 Å². The minimum atomic E-state index is 0. The third-order valence-electron chi connectivity index (χ3n) is 3.57. The van der Waals surface area contributed by atoms with E-state index in [1.165, 1.54) is 5.56 Å². The molecule has 0 aromatic heterocycles. The molecule has 0 saturated carbocycles. The molecule has 0 amide bonds. The summed E-state index contributed by atoms with van der Waals surface area (Å²) < 4.78 is 5.29. The van der Waals surface area contributed by atoms with Crippen LogP contribution < -0.4 is 15.4 Å². The molecule has 0 atom stereocenters. The van der Waals surface area contributed by atoms with Gasteiger partial charge in [0.25, 0.3) is 0 Å². The number of methoxy groups -OCH3 is 1. The number of rotatable bonds is 5. The van der Waals surface area contributed by atoms with Crippen LogP contribution in [-0.4, -0.2) is 25.7 Å². The SMILES string of the molecule is CCNC(=NCc1ccc(OC)c(C)c1)NC1CC=CC1.I. The predicted octanol–water partition coefficient (Wildman–Crippen LogP) is 3.40. The smallest absolute Gasteiger partial charge is 0.191 e. The summed E-state index contributed by atoms with van der Waals surface area (Å²) in [6, 6.07) is 6.67. The zero-order chi connectivity index (χ0) is 15.1. The second-order valence-corrected chi connectivity index (χ2v) is 5.28. The first kappa shape index (κ1) is 18.8. The molecule has 2 rings (SSSR count). The number of ether oxygens (including phenoxy) is 1. The van der Waals surface area contributed by atoms with Crippen LogP contribution in [0.15, 0.2) is 35.3 Å². The molecule has 0 unspecified atom stereocenters. The highest BCUT2D eigenvalue weighted by molar-refractivity contribution is 14.0. The van der Waals surface area contributed by atoms with E-state index >= 15 is 0 Å². The van der Waals surface area contributed by atoms with E-state index in [-0.39, 0.29) is 24.0 Å². The van der Waals surface area contributed by atoms with Gasteiger partial charge < -0.3 is 15.4 Å². The Hall–Kier alpha value is -1.24. The van der Waals surface area contributed by atoms with Crippen LogP contribution in [-0.2, 0) is 6.54 Å². The highest BCUT2D eigenvalue weighted by Gasteiger charge is 2.11. The van der Waals surface area contributed by atoms with Gasteiger partial charge in [-0.25, -0.2) is 4.99 Å². The molecule has 1 aromatic carbocycles. The first-order valence-electron chi connectivity index (χ1n) is 7.56. The number of aliphatic imine (C=N–C) groups is 1. The Labute approximate surface area is 150 Å². The van der Waals surface area contributed by atoms with Gasteiger partial charge in [0, 0.05) is 12.6 Å². The van der Waals surface area contributed by atoms with Crippen LogP contribution in [0.5, 0.6) is 5.75 Å². The maximum absolute atomic E-state index is 5.29. The van der Waals surface area contributed by atoms with Crippen molar-refractivity contribution < 1.29 is 4.74 Å². The maximum atomic E-state index is 5.29. The zero-order valence-corrected chi connectivity index (χ0v) is 15.9. The van der Waals surface area contributed by atoms with Crippen molar-refractivity contribution in [2.75, 3.05) is 13.7 Å². The summed E-state index contributed by atoms with van der Waals surface area (Å²) in [7, 11) is 1.70. The van der Waals surface area contributed by atoms with Crippen molar-refractivity contribution in [3.63, 3.8) is 0 Å². The average Bonchev–Trinajstić information content (AvgIpc) is 2.98. The summed E-state index contributed by atoms with van der Waals surface area (Å²) in [6.45, 7) is 5.68. The van der Waals surface area contributed by atoms with Gasteiger partial charge in [-0.1, -0.05) is 24.3 Å². The van der Waals surface area contributed by atoms with Gasteiger partial charge in [0.2, 0.25) is 0 Å². The number of nitrogens with one attached hydrogen (secondary N) is 2. The lowest BCUT2D eigenvalue weighted by atomic mass is 10.1. The van der Waals surface area contributed by atoms with E-state index in [0.29, 0.717) is 12.6 Å². The van der Waals surface area contributed by atoms with Crippen LogP contribution in [0.1, 0.15) is 30.9 Å². The van der Waals surface area contributed by atoms with Crippen molar-refractivity contribution in [2.24, 2.45) is 4.99 Å². The van der Waals surface area contributed by atoms with Gasteiger partial charge in [-0.05, 0) is 43.9 Å². The lowest BCUT2D eigenvalue weighted by molar-refractivity contribution is 0.411. The number of aryl methyl sites for hydroxylation is 1. The fourth-order valence-corrected chi connectivity index (χ4v) is 2.46. The van der Waals surface area contributed by atoms with Crippen molar-refractivity contribution >= 4 is 29.9 Å². The molecule has 0 spiro atoms. The largest absolute Gasteiger partial charge is 0.496 e. The molecule has 0 bridgehead atoms. The molecule has 22 heavy (non-hydrogen) atoms. The van der Waals surface area contributed by atoms with E-state index in [1.807, 2.05) is 6.07 Å². The summed E-state index contributed by atoms with van der Waals surface area (Å²) in [6.07, 6.45) is 6.58. The Balaban J connectivity index is 0.00000242. The molecule has 1 aromatic rings. The van der Waals surface area contributed by atoms with Gasteiger partial charge in [0.15, 0.2) is 5.96 Å². The third-order valence-corrected chi connectivity index (χ3v) is 3.57. The van der Waals surface area contributed by atoms with Crippen molar-refractivity contribution in [3.8, 4) is 5.75 Å². The van der Waals surface area contributed by atoms with Gasteiger partial charge in [-0.3, -0.25) is 0 Å². The summed E-state index contributed by atoms with van der Waals surface area (Å²) in [5.41, 5.74) is 2.33. The van der Waals surface area contributed by atoms with Crippen molar-refractivity contribution in [1.29, 1.82) is 0 Å². The molecule has 4 nitrogen and oxygen atoms in total. The fourth-order valence-electron chi connectivity index (χ4n) is 2.46. The fraction of sp³-hybridized carbons (Fsp3) is 0.471. The number of halogens is 1. The van der Waals surface area contributed by atoms with Crippen LogP contribution >= 0.6 is 24.0 Å². The molecular formula is C17H26IN3O. The molecular weight excluding hydrogens is 389 g/mol. The Morgan fingerprint density at radius 3 is 2.64 bits per heavy atom. The quantitative estimate of drug-likeness (QED) is 0.336. The standard InChI is InChI=1S/C17H25N3O.HI/c1-4-18-17(20-15-7-5-6-8-15)19-12-14-9-10-16(21-3)13(2)11-14;/h5-6,9-11,15H,4,7-8,12H2,1-3H3,(H2,18,19,20);1H. The minimum Gasteiger partial charge on any atom is -0.496 e. The average molecular weight is 415 g/mol. The Morgan fingerprint density at radius 2 is 2.05 bits per heavy atom. The zero-order valence-electron chi connectivity index (χ0n) is 13.6. The third kappa shape index (κ3) is 5.51. The predicted molar refractivity (Wildman–Crippen MR) is 103 cm³/mol. The molecule has 0 radical (unpaired) electrons. The number of benzene rings is 1. The van der Waals surface area contributed by atoms with Crippen LogP contribution in [0.4, 0.5) is 0 Å². The van der Waals surface area contributed by atoms with Gasteiger partial charge in [0.05, 0.1) is 13.7 Å². The number of hydrogen-bond acceptors (Lipinski definition) is 2. The summed E-state index contributed by atoms with van der Waals surface area (Å²) >= 11 is 0. The van der Waals surface area contributed by atoms with E-state index < -0.39 is 0 Å². The highest BCUT2D eigenvalue weighted by Crippen LogP contribution is 2.18. The Kier molecular flexibility index (Phi) is 8.30. The molecule has 1 aliphatic carbocycles. The Bertz CT molecular complexity index is 521. The monoisotopic (exact) mass is 415 g/mol. The molecule has 5 heteroatoms. The topological polar surface area (TPSA) is 45.7 Å². The van der Waals surface area contributed by atoms with Crippen LogP contribution in [0.2, 0.25) is 0 Å². The van der Waals surface area contributed by atoms with E-state index in [4.69, 9.17) is 4.74 Å². The van der Waals surface area contributed by atoms with Crippen molar-refractivity contribution in [2.45, 2.75) is 39.3 Å². The molecule has 0 fully saturated rings. The van der Waals surface area contributed by atoms with E-state index in [9.17, 15) is 0 Å². The molecule has 1 aliphatic rings. The number of nitrogens with zero attached hydrogens (tertiary/aromatic N) is 1.